The average Bonchev–Trinajstić information content (AvgIpc) is 2.50. The molecule has 0 atom stereocenters. The quantitative estimate of drug-likeness (QED) is 0.639. The van der Waals surface area contributed by atoms with Gasteiger partial charge in [-0.1, -0.05) is 36.5 Å². The normalized spacial score (nSPS) is 11.6. The van der Waals surface area contributed by atoms with E-state index < -0.39 is 5.97 Å². The smallest absolute Gasteiger partial charge is 0.333 e. The first-order chi connectivity index (χ1) is 10.1. The second-order valence-corrected chi connectivity index (χ2v) is 5.35. The first-order valence-corrected chi connectivity index (χ1v) is 7.30. The molecule has 0 saturated carbocycles. The van der Waals surface area contributed by atoms with Crippen LogP contribution >= 0.6 is 11.3 Å². The molecule has 21 heavy (non-hydrogen) atoms. The van der Waals surface area contributed by atoms with Crippen molar-refractivity contribution in [1.29, 1.82) is 0 Å². The van der Waals surface area contributed by atoms with Crippen molar-refractivity contribution in [3.8, 4) is 0 Å². The highest BCUT2D eigenvalue weighted by molar-refractivity contribution is 7.16. The van der Waals surface area contributed by atoms with Crippen molar-refractivity contribution < 1.29 is 9.53 Å². The van der Waals surface area contributed by atoms with Crippen molar-refractivity contribution in [2.75, 3.05) is 7.11 Å². The van der Waals surface area contributed by atoms with Gasteiger partial charge in [0.15, 0.2) is 0 Å². The maximum Gasteiger partial charge on any atom is 0.333 e. The molecule has 1 aromatic carbocycles. The lowest BCUT2D eigenvalue weighted by molar-refractivity contribution is -0.136. The van der Waals surface area contributed by atoms with Crippen LogP contribution in [-0.2, 0) is 16.1 Å². The van der Waals surface area contributed by atoms with Crippen molar-refractivity contribution in [3.05, 3.63) is 55.9 Å². The maximum atomic E-state index is 12.3. The first kappa shape index (κ1) is 15.2. The second kappa shape index (κ2) is 6.49. The molecule has 0 bridgehead atoms. The number of esters is 1. The number of hydrogen-bond acceptors (Lipinski definition) is 5. The summed E-state index contributed by atoms with van der Waals surface area (Å²) in [7, 11) is 1.30. The first-order valence-electron chi connectivity index (χ1n) is 6.48. The number of allylic oxidation sites excluding steroid dienone is 1. The highest BCUT2D eigenvalue weighted by Gasteiger charge is 2.09. The zero-order chi connectivity index (χ0) is 15.4. The van der Waals surface area contributed by atoms with Crippen molar-refractivity contribution in [2.24, 2.45) is 0 Å². The Morgan fingerprint density at radius 2 is 2.05 bits per heavy atom. The monoisotopic (exact) mass is 305 g/mol. The molecule has 0 amide bonds. The zero-order valence-electron chi connectivity index (χ0n) is 11.8. The standard InChI is InChI=1S/C15H15NO4S/c1-3-10(14(18)20-2)8-9-16-13(17)11-6-4-5-7-12(11)21-15(16)19/h4-8H,3,9H2,1-2H3/b10-8-. The molecule has 1 aromatic heterocycles. The van der Waals surface area contributed by atoms with E-state index in [1.807, 2.05) is 6.92 Å². The molecule has 0 aliphatic heterocycles. The molecule has 0 aliphatic rings. The number of fused-ring (bicyclic) bond motifs is 1. The van der Waals surface area contributed by atoms with E-state index in [-0.39, 0.29) is 17.0 Å². The summed E-state index contributed by atoms with van der Waals surface area (Å²) >= 11 is 1.02. The number of nitrogens with zero attached hydrogens (tertiary/aromatic N) is 1. The fourth-order valence-corrected chi connectivity index (χ4v) is 2.84. The number of benzene rings is 1. The maximum absolute atomic E-state index is 12.3. The predicted octanol–water partition coefficient (Wildman–Crippen LogP) is 1.93. The molecule has 0 aliphatic carbocycles. The minimum Gasteiger partial charge on any atom is -0.466 e. The Balaban J connectivity index is 2.48. The van der Waals surface area contributed by atoms with E-state index in [4.69, 9.17) is 0 Å². The highest BCUT2D eigenvalue weighted by atomic mass is 32.1. The van der Waals surface area contributed by atoms with Crippen LogP contribution in [0.4, 0.5) is 0 Å². The SMILES string of the molecule is CC/C(=C/Cn1c(=O)sc2ccccc2c1=O)C(=O)OC. The molecular weight excluding hydrogens is 290 g/mol. The van der Waals surface area contributed by atoms with Gasteiger partial charge in [-0.25, -0.2) is 4.79 Å². The molecule has 2 rings (SSSR count). The van der Waals surface area contributed by atoms with E-state index in [1.165, 1.54) is 7.11 Å². The lowest BCUT2D eigenvalue weighted by Crippen LogP contribution is -2.30. The Hall–Kier alpha value is -2.21. The molecule has 0 spiro atoms. The molecule has 110 valence electrons. The van der Waals surface area contributed by atoms with Gasteiger partial charge in [0.25, 0.3) is 5.56 Å². The van der Waals surface area contributed by atoms with E-state index in [0.29, 0.717) is 22.1 Å². The van der Waals surface area contributed by atoms with Crippen LogP contribution in [0.25, 0.3) is 10.1 Å². The number of rotatable bonds is 4. The van der Waals surface area contributed by atoms with Gasteiger partial charge in [-0.05, 0) is 18.6 Å². The third-order valence-corrected chi connectivity index (χ3v) is 4.10. The van der Waals surface area contributed by atoms with E-state index >= 15 is 0 Å². The van der Waals surface area contributed by atoms with Gasteiger partial charge in [0.1, 0.15) is 0 Å². The summed E-state index contributed by atoms with van der Waals surface area (Å²) in [4.78, 5) is 35.5. The van der Waals surface area contributed by atoms with E-state index in [0.717, 1.165) is 15.9 Å². The zero-order valence-corrected chi connectivity index (χ0v) is 12.6. The Kier molecular flexibility index (Phi) is 4.70. The number of methoxy groups -OCH3 is 1. The Morgan fingerprint density at radius 1 is 1.33 bits per heavy atom. The number of hydrogen-bond donors (Lipinski definition) is 0. The van der Waals surface area contributed by atoms with Crippen LogP contribution in [0.15, 0.2) is 45.5 Å². The number of aromatic nitrogens is 1. The fraction of sp³-hybridized carbons (Fsp3) is 0.267. The van der Waals surface area contributed by atoms with Crippen LogP contribution in [0.3, 0.4) is 0 Å². The van der Waals surface area contributed by atoms with Crippen molar-refractivity contribution >= 4 is 27.4 Å². The lowest BCUT2D eigenvalue weighted by Gasteiger charge is -2.05. The summed E-state index contributed by atoms with van der Waals surface area (Å²) in [5, 5.41) is 0.506. The largest absolute Gasteiger partial charge is 0.466 e. The van der Waals surface area contributed by atoms with Crippen LogP contribution in [0.5, 0.6) is 0 Å². The molecule has 0 saturated heterocycles. The van der Waals surface area contributed by atoms with Crippen LogP contribution < -0.4 is 10.4 Å². The Bertz CT molecular complexity index is 816. The predicted molar refractivity (Wildman–Crippen MR) is 82.7 cm³/mol. The molecule has 0 N–H and O–H groups in total. The number of carbonyl (C=O) groups is 1. The van der Waals surface area contributed by atoms with E-state index in [9.17, 15) is 14.4 Å². The molecule has 0 radical (unpaired) electrons. The topological polar surface area (TPSA) is 65.4 Å². The lowest BCUT2D eigenvalue weighted by atomic mass is 10.2. The summed E-state index contributed by atoms with van der Waals surface area (Å²) in [6, 6.07) is 6.98. The molecule has 0 fully saturated rings. The van der Waals surface area contributed by atoms with Crippen LogP contribution in [0.2, 0.25) is 0 Å². The van der Waals surface area contributed by atoms with Gasteiger partial charge in [-0.3, -0.25) is 14.2 Å². The van der Waals surface area contributed by atoms with Gasteiger partial charge in [0.05, 0.1) is 12.5 Å². The highest BCUT2D eigenvalue weighted by Crippen LogP contribution is 2.11. The fourth-order valence-electron chi connectivity index (χ4n) is 1.97. The second-order valence-electron chi connectivity index (χ2n) is 4.35. The minimum absolute atomic E-state index is 0.0667. The van der Waals surface area contributed by atoms with Gasteiger partial charge < -0.3 is 4.74 Å². The van der Waals surface area contributed by atoms with Gasteiger partial charge in [0, 0.05) is 16.8 Å². The van der Waals surface area contributed by atoms with E-state index in [1.54, 1.807) is 30.3 Å². The van der Waals surface area contributed by atoms with Gasteiger partial charge in [0.2, 0.25) is 0 Å². The molecule has 0 unspecified atom stereocenters. The molecule has 1 heterocycles. The summed E-state index contributed by atoms with van der Waals surface area (Å²) in [6.45, 7) is 1.88. The van der Waals surface area contributed by atoms with Gasteiger partial charge in [-0.2, -0.15) is 0 Å². The van der Waals surface area contributed by atoms with Gasteiger partial charge in [-0.15, -0.1) is 0 Å². The number of ether oxygens (including phenoxy) is 1. The third kappa shape index (κ3) is 3.11. The molecule has 6 heteroatoms. The van der Waals surface area contributed by atoms with Crippen molar-refractivity contribution in [1.82, 2.24) is 4.57 Å². The minimum atomic E-state index is -0.442. The third-order valence-electron chi connectivity index (χ3n) is 3.13. The Morgan fingerprint density at radius 3 is 2.71 bits per heavy atom. The average molecular weight is 305 g/mol. The summed E-state index contributed by atoms with van der Waals surface area (Å²) in [5.74, 6) is -0.442. The summed E-state index contributed by atoms with van der Waals surface area (Å²) in [5.41, 5.74) is 0.105. The summed E-state index contributed by atoms with van der Waals surface area (Å²) < 4.78 is 6.45. The molecule has 5 nitrogen and oxygen atoms in total. The van der Waals surface area contributed by atoms with Crippen molar-refractivity contribution in [3.63, 3.8) is 0 Å². The summed E-state index contributed by atoms with van der Waals surface area (Å²) in [6.07, 6.45) is 2.04. The van der Waals surface area contributed by atoms with E-state index in [2.05, 4.69) is 4.74 Å². The van der Waals surface area contributed by atoms with Gasteiger partial charge >= 0.3 is 10.8 Å². The number of carbonyl (C=O) groups excluding carboxylic acids is 1. The molecular formula is C15H15NO4S. The van der Waals surface area contributed by atoms with Crippen molar-refractivity contribution in [2.45, 2.75) is 19.9 Å². The van der Waals surface area contributed by atoms with Crippen LogP contribution in [-0.4, -0.2) is 17.6 Å². The Labute approximate surface area is 125 Å². The van der Waals surface area contributed by atoms with Crippen LogP contribution in [0.1, 0.15) is 13.3 Å². The molecule has 2 aromatic rings. The van der Waals surface area contributed by atoms with Crippen LogP contribution in [0, 0.1) is 0 Å².